The Morgan fingerprint density at radius 2 is 2.08 bits per heavy atom. The monoisotopic (exact) mass is 188 g/mol. The topological polar surface area (TPSA) is 49.4 Å². The molecule has 0 aliphatic heterocycles. The third kappa shape index (κ3) is 3.81. The van der Waals surface area contributed by atoms with Crippen LogP contribution in [0.1, 0.15) is 5.56 Å². The number of benzene rings is 1. The molecule has 0 aromatic heterocycles. The van der Waals surface area contributed by atoms with E-state index in [0.717, 1.165) is 0 Å². The Morgan fingerprint density at radius 3 is 2.62 bits per heavy atom. The van der Waals surface area contributed by atoms with Gasteiger partial charge < -0.3 is 9.84 Å². The Balaban J connectivity index is 0.00000144. The Kier molecular flexibility index (Phi) is 5.79. The van der Waals surface area contributed by atoms with Gasteiger partial charge in [0.25, 0.3) is 0 Å². The molecule has 0 aliphatic rings. The molecule has 0 fully saturated rings. The molecule has 0 bridgehead atoms. The van der Waals surface area contributed by atoms with Crippen LogP contribution in [0.3, 0.4) is 0 Å². The minimum Gasteiger partial charge on any atom is -0.872 e. The molecule has 13 heavy (non-hydrogen) atoms. The number of ether oxygens (including phenoxy) is 1. The van der Waals surface area contributed by atoms with E-state index < -0.39 is 5.97 Å². The van der Waals surface area contributed by atoms with Crippen LogP contribution in [0.15, 0.2) is 24.3 Å². The van der Waals surface area contributed by atoms with Crippen molar-refractivity contribution in [1.82, 2.24) is 0 Å². The van der Waals surface area contributed by atoms with Gasteiger partial charge in [-0.15, -0.1) is 5.75 Å². The summed E-state index contributed by atoms with van der Waals surface area (Å²) in [5.74, 6) is -0.513. The van der Waals surface area contributed by atoms with Gasteiger partial charge in [0.15, 0.2) is 0 Å². The summed E-state index contributed by atoms with van der Waals surface area (Å²) in [6, 6.07) is 6.42. The maximum Gasteiger partial charge on any atom is 1.00 e. The van der Waals surface area contributed by atoms with E-state index in [1.807, 2.05) is 0 Å². The van der Waals surface area contributed by atoms with Crippen LogP contribution in [0.5, 0.6) is 5.75 Å². The molecule has 1 rings (SSSR count). The summed E-state index contributed by atoms with van der Waals surface area (Å²) in [6.45, 7) is 0. The van der Waals surface area contributed by atoms with E-state index >= 15 is 0 Å². The molecule has 0 amide bonds. The summed E-state index contributed by atoms with van der Waals surface area (Å²) in [5, 5.41) is 11.1. The van der Waals surface area contributed by atoms with Crippen LogP contribution in [-0.4, -0.2) is 13.1 Å². The molecule has 64 valence electrons. The predicted octanol–water partition coefficient (Wildman–Crippen LogP) is -2.52. The van der Waals surface area contributed by atoms with Crippen molar-refractivity contribution >= 4 is 5.97 Å². The first-order chi connectivity index (χ1) is 5.74. The normalized spacial score (nSPS) is 8.69. The van der Waals surface area contributed by atoms with Gasteiger partial charge in [-0.1, -0.05) is 24.3 Å². The largest absolute Gasteiger partial charge is 1.00 e. The molecule has 0 N–H and O–H groups in total. The van der Waals surface area contributed by atoms with Crippen LogP contribution in [0.4, 0.5) is 0 Å². The van der Waals surface area contributed by atoms with Crippen LogP contribution in [-0.2, 0) is 16.0 Å². The van der Waals surface area contributed by atoms with Crippen molar-refractivity contribution in [2.75, 3.05) is 7.11 Å². The van der Waals surface area contributed by atoms with Crippen LogP contribution >= 0.6 is 0 Å². The van der Waals surface area contributed by atoms with Gasteiger partial charge in [0.1, 0.15) is 0 Å². The predicted molar refractivity (Wildman–Crippen MR) is 41.6 cm³/mol. The maximum atomic E-state index is 11.1. The van der Waals surface area contributed by atoms with Gasteiger partial charge in [-0.05, 0) is 5.56 Å². The first-order valence-corrected chi connectivity index (χ1v) is 3.56. The molecule has 0 spiro atoms. The van der Waals surface area contributed by atoms with E-state index in [-0.39, 0.29) is 41.7 Å². The van der Waals surface area contributed by atoms with Gasteiger partial charge in [0, 0.05) is 0 Å². The molecule has 0 heterocycles. The Bertz CT molecular complexity index is 286. The fraction of sp³-hybridized carbons (Fsp3) is 0.222. The van der Waals surface area contributed by atoms with E-state index in [1.165, 1.54) is 13.2 Å². The summed E-state index contributed by atoms with van der Waals surface area (Å²) >= 11 is 0. The second-order valence-corrected chi connectivity index (χ2v) is 2.36. The molecule has 0 aliphatic carbocycles. The fourth-order valence-electron chi connectivity index (χ4n) is 0.878. The summed E-state index contributed by atoms with van der Waals surface area (Å²) < 4.78 is 4.43. The van der Waals surface area contributed by atoms with Crippen LogP contribution in [0.2, 0.25) is 0 Å². The molecular formula is C9H9NaO3. The van der Waals surface area contributed by atoms with Gasteiger partial charge in [0.2, 0.25) is 0 Å². The maximum absolute atomic E-state index is 11.1. The van der Waals surface area contributed by atoms with Crippen LogP contribution < -0.4 is 34.7 Å². The van der Waals surface area contributed by atoms with Gasteiger partial charge in [-0.25, -0.2) is 0 Å². The van der Waals surface area contributed by atoms with Gasteiger partial charge in [-0.3, -0.25) is 4.79 Å². The number of carbonyl (C=O) groups is 1. The first kappa shape index (κ1) is 12.5. The molecular weight excluding hydrogens is 179 g/mol. The van der Waals surface area contributed by atoms with Crippen LogP contribution in [0, 0.1) is 0 Å². The Hall–Kier alpha value is -0.510. The molecule has 0 radical (unpaired) electrons. The fourth-order valence-corrected chi connectivity index (χ4v) is 0.878. The smallest absolute Gasteiger partial charge is 0.872 e. The van der Waals surface area contributed by atoms with E-state index in [9.17, 15) is 9.90 Å². The molecule has 3 nitrogen and oxygen atoms in total. The average Bonchev–Trinajstić information content (AvgIpc) is 2.09. The number of para-hydroxylation sites is 1. The molecule has 4 heteroatoms. The number of esters is 1. The quantitative estimate of drug-likeness (QED) is 0.380. The summed E-state index contributed by atoms with van der Waals surface area (Å²) in [5.41, 5.74) is 0.476. The molecule has 1 aromatic rings. The standard InChI is InChI=1S/C9H10O3.Na/c1-12-9(11)6-7-4-2-3-5-8(7)10;/h2-5,10H,6H2,1H3;/q;+1/p-1. The number of carbonyl (C=O) groups excluding carboxylic acids is 1. The second-order valence-electron chi connectivity index (χ2n) is 2.36. The summed E-state index contributed by atoms with van der Waals surface area (Å²) in [4.78, 5) is 10.8. The Morgan fingerprint density at radius 1 is 1.46 bits per heavy atom. The van der Waals surface area contributed by atoms with Gasteiger partial charge in [-0.2, -0.15) is 0 Å². The van der Waals surface area contributed by atoms with Crippen LogP contribution in [0.25, 0.3) is 0 Å². The molecule has 0 unspecified atom stereocenters. The minimum atomic E-state index is -0.390. The van der Waals surface area contributed by atoms with Gasteiger partial charge in [0.05, 0.1) is 13.5 Å². The third-order valence-corrected chi connectivity index (χ3v) is 1.54. The molecule has 1 aromatic carbocycles. The third-order valence-electron chi connectivity index (χ3n) is 1.54. The van der Waals surface area contributed by atoms with E-state index in [4.69, 9.17) is 0 Å². The van der Waals surface area contributed by atoms with Crippen molar-refractivity contribution < 1.29 is 44.2 Å². The second kappa shape index (κ2) is 6.02. The van der Waals surface area contributed by atoms with Crippen molar-refractivity contribution in [3.05, 3.63) is 29.8 Å². The molecule has 0 atom stereocenters. The number of methoxy groups -OCH3 is 1. The summed E-state index contributed by atoms with van der Waals surface area (Å²) in [6.07, 6.45) is 0.0518. The average molecular weight is 188 g/mol. The van der Waals surface area contributed by atoms with Crippen molar-refractivity contribution in [2.45, 2.75) is 6.42 Å². The number of rotatable bonds is 2. The van der Waals surface area contributed by atoms with E-state index in [0.29, 0.717) is 5.56 Å². The number of hydrogen-bond acceptors (Lipinski definition) is 3. The summed E-state index contributed by atoms with van der Waals surface area (Å²) in [7, 11) is 1.30. The molecule has 0 saturated heterocycles. The van der Waals surface area contributed by atoms with Crippen molar-refractivity contribution in [3.63, 3.8) is 0 Å². The van der Waals surface area contributed by atoms with Crippen molar-refractivity contribution in [2.24, 2.45) is 0 Å². The zero-order chi connectivity index (χ0) is 8.97. The zero-order valence-electron chi connectivity index (χ0n) is 7.74. The van der Waals surface area contributed by atoms with E-state index in [1.54, 1.807) is 18.2 Å². The van der Waals surface area contributed by atoms with Crippen molar-refractivity contribution in [3.8, 4) is 5.75 Å². The Labute approximate surface area is 99.0 Å². The molecule has 0 saturated carbocycles. The van der Waals surface area contributed by atoms with Gasteiger partial charge >= 0.3 is 35.5 Å². The number of hydrogen-bond donors (Lipinski definition) is 0. The SMILES string of the molecule is COC(=O)Cc1ccccc1[O-].[Na+]. The minimum absolute atomic E-state index is 0. The zero-order valence-corrected chi connectivity index (χ0v) is 9.74. The van der Waals surface area contributed by atoms with Crippen molar-refractivity contribution in [1.29, 1.82) is 0 Å². The van der Waals surface area contributed by atoms with E-state index in [2.05, 4.69) is 4.74 Å². The first-order valence-electron chi connectivity index (χ1n) is 3.56.